The Balaban J connectivity index is 2.08. The van der Waals surface area contributed by atoms with E-state index < -0.39 is 0 Å². The van der Waals surface area contributed by atoms with Crippen LogP contribution in [0.4, 0.5) is 0 Å². The monoisotopic (exact) mass is 383 g/mol. The van der Waals surface area contributed by atoms with Gasteiger partial charge in [0.15, 0.2) is 0 Å². The van der Waals surface area contributed by atoms with Crippen molar-refractivity contribution in [2.75, 3.05) is 13.1 Å². The Kier molecular flexibility index (Phi) is 5.91. The van der Waals surface area contributed by atoms with Crippen LogP contribution in [0.3, 0.4) is 0 Å². The maximum Gasteiger partial charge on any atom is 0.274 e. The molecule has 5 nitrogen and oxygen atoms in total. The molecule has 3 rings (SSSR count). The Morgan fingerprint density at radius 2 is 1.67 bits per heavy atom. The van der Waals surface area contributed by atoms with Crippen LogP contribution in [-0.2, 0) is 17.8 Å². The number of hydrogen-bond acceptors (Lipinski definition) is 3. The van der Waals surface area contributed by atoms with Gasteiger partial charge in [0.1, 0.15) is 0 Å². The SMILES string of the molecule is CCN(CC)C(=O)Cc1nn(Cc2ccccc2Cl)c(=O)c2ccccc12. The van der Waals surface area contributed by atoms with Gasteiger partial charge in [0.05, 0.1) is 24.0 Å². The molecule has 6 heteroatoms. The number of benzene rings is 2. The summed E-state index contributed by atoms with van der Waals surface area (Å²) in [6.45, 7) is 5.45. The number of fused-ring (bicyclic) bond motifs is 1. The van der Waals surface area contributed by atoms with Gasteiger partial charge in [-0.15, -0.1) is 0 Å². The summed E-state index contributed by atoms with van der Waals surface area (Å²) in [6.07, 6.45) is 0.158. The predicted octanol–water partition coefficient (Wildman–Crippen LogP) is 3.51. The zero-order valence-electron chi connectivity index (χ0n) is 15.5. The summed E-state index contributed by atoms with van der Waals surface area (Å²) < 4.78 is 1.40. The molecule has 1 aromatic heterocycles. The maximum atomic E-state index is 12.9. The minimum absolute atomic E-state index is 0.000551. The molecule has 1 heterocycles. The van der Waals surface area contributed by atoms with E-state index in [4.69, 9.17) is 11.6 Å². The fourth-order valence-corrected chi connectivity index (χ4v) is 3.36. The minimum atomic E-state index is -0.190. The molecule has 1 amide bonds. The second-order valence-corrected chi connectivity index (χ2v) is 6.70. The van der Waals surface area contributed by atoms with E-state index in [-0.39, 0.29) is 24.4 Å². The molecule has 0 N–H and O–H groups in total. The van der Waals surface area contributed by atoms with E-state index in [9.17, 15) is 9.59 Å². The number of carbonyl (C=O) groups excluding carboxylic acids is 1. The van der Waals surface area contributed by atoms with E-state index in [0.29, 0.717) is 29.2 Å². The van der Waals surface area contributed by atoms with Crippen molar-refractivity contribution in [1.29, 1.82) is 0 Å². The molecular weight excluding hydrogens is 362 g/mol. The van der Waals surface area contributed by atoms with E-state index in [2.05, 4.69) is 5.10 Å². The van der Waals surface area contributed by atoms with Crippen molar-refractivity contribution in [3.8, 4) is 0 Å². The van der Waals surface area contributed by atoms with Crippen LogP contribution in [0.2, 0.25) is 5.02 Å². The standard InChI is InChI=1S/C21H22ClN3O2/c1-3-24(4-2)20(26)13-19-16-10-6-7-11-17(16)21(27)25(23-19)14-15-9-5-8-12-18(15)22/h5-12H,3-4,13-14H2,1-2H3. The first-order chi connectivity index (χ1) is 13.0. The normalized spacial score (nSPS) is 10.9. The fraction of sp³-hybridized carbons (Fsp3) is 0.286. The number of nitrogens with zero attached hydrogens (tertiary/aromatic N) is 3. The number of hydrogen-bond donors (Lipinski definition) is 0. The average Bonchev–Trinajstić information content (AvgIpc) is 2.68. The van der Waals surface area contributed by atoms with Gasteiger partial charge in [-0.05, 0) is 31.5 Å². The molecule has 0 unspecified atom stereocenters. The van der Waals surface area contributed by atoms with Gasteiger partial charge in [-0.3, -0.25) is 9.59 Å². The lowest BCUT2D eigenvalue weighted by Crippen LogP contribution is -2.33. The van der Waals surface area contributed by atoms with Gasteiger partial charge in [0.25, 0.3) is 5.56 Å². The summed E-state index contributed by atoms with van der Waals surface area (Å²) in [5.41, 5.74) is 1.23. The molecule has 0 saturated carbocycles. The minimum Gasteiger partial charge on any atom is -0.343 e. The van der Waals surface area contributed by atoms with Crippen molar-refractivity contribution in [3.05, 3.63) is 75.2 Å². The van der Waals surface area contributed by atoms with Gasteiger partial charge in [0, 0.05) is 23.5 Å². The van der Waals surface area contributed by atoms with Crippen LogP contribution in [0, 0.1) is 0 Å². The third kappa shape index (κ3) is 4.03. The number of aromatic nitrogens is 2. The number of likely N-dealkylation sites (N-methyl/N-ethyl adjacent to an activating group) is 1. The highest BCUT2D eigenvalue weighted by Crippen LogP contribution is 2.18. The summed E-state index contributed by atoms with van der Waals surface area (Å²) in [5.74, 6) is 0.000551. The van der Waals surface area contributed by atoms with Crippen molar-refractivity contribution < 1.29 is 4.79 Å². The molecule has 27 heavy (non-hydrogen) atoms. The molecule has 0 fully saturated rings. The van der Waals surface area contributed by atoms with Crippen LogP contribution >= 0.6 is 11.6 Å². The zero-order valence-corrected chi connectivity index (χ0v) is 16.2. The molecule has 0 radical (unpaired) electrons. The van der Waals surface area contributed by atoms with Crippen LogP contribution in [0.5, 0.6) is 0 Å². The molecule has 0 atom stereocenters. The summed E-state index contributed by atoms with van der Waals surface area (Å²) in [6, 6.07) is 14.7. The van der Waals surface area contributed by atoms with Crippen molar-refractivity contribution in [1.82, 2.24) is 14.7 Å². The number of rotatable bonds is 6. The molecule has 0 saturated heterocycles. The predicted molar refractivity (Wildman–Crippen MR) is 108 cm³/mol. The molecule has 2 aromatic carbocycles. The van der Waals surface area contributed by atoms with Crippen LogP contribution in [0.1, 0.15) is 25.1 Å². The van der Waals surface area contributed by atoms with Crippen molar-refractivity contribution in [2.24, 2.45) is 0 Å². The van der Waals surface area contributed by atoms with Gasteiger partial charge in [-0.2, -0.15) is 5.10 Å². The largest absolute Gasteiger partial charge is 0.343 e. The van der Waals surface area contributed by atoms with E-state index in [0.717, 1.165) is 10.9 Å². The number of amides is 1. The first-order valence-corrected chi connectivity index (χ1v) is 9.42. The third-order valence-corrected chi connectivity index (χ3v) is 5.03. The van der Waals surface area contributed by atoms with E-state index in [1.54, 1.807) is 17.0 Å². The summed E-state index contributed by atoms with van der Waals surface area (Å²) in [5, 5.41) is 6.39. The van der Waals surface area contributed by atoms with E-state index in [1.807, 2.05) is 50.2 Å². The number of halogens is 1. The molecular formula is C21H22ClN3O2. The topological polar surface area (TPSA) is 55.2 Å². The van der Waals surface area contributed by atoms with Crippen molar-refractivity contribution in [3.63, 3.8) is 0 Å². The Labute approximate surface area is 163 Å². The highest BCUT2D eigenvalue weighted by Gasteiger charge is 2.17. The summed E-state index contributed by atoms with van der Waals surface area (Å²) >= 11 is 6.24. The van der Waals surface area contributed by atoms with Crippen molar-refractivity contribution in [2.45, 2.75) is 26.8 Å². The molecule has 0 aliphatic carbocycles. The van der Waals surface area contributed by atoms with E-state index >= 15 is 0 Å². The smallest absolute Gasteiger partial charge is 0.274 e. The van der Waals surface area contributed by atoms with Gasteiger partial charge >= 0.3 is 0 Å². The summed E-state index contributed by atoms with van der Waals surface area (Å²) in [7, 11) is 0. The lowest BCUT2D eigenvalue weighted by atomic mass is 10.1. The lowest BCUT2D eigenvalue weighted by molar-refractivity contribution is -0.130. The van der Waals surface area contributed by atoms with E-state index in [1.165, 1.54) is 4.68 Å². The second kappa shape index (κ2) is 8.35. The molecule has 140 valence electrons. The highest BCUT2D eigenvalue weighted by atomic mass is 35.5. The Bertz CT molecular complexity index is 1030. The molecule has 0 spiro atoms. The van der Waals surface area contributed by atoms with Crippen LogP contribution in [0.15, 0.2) is 53.3 Å². The Hall–Kier alpha value is -2.66. The number of carbonyl (C=O) groups is 1. The maximum absolute atomic E-state index is 12.9. The van der Waals surface area contributed by atoms with Crippen LogP contribution < -0.4 is 5.56 Å². The van der Waals surface area contributed by atoms with Crippen LogP contribution in [0.25, 0.3) is 10.8 Å². The lowest BCUT2D eigenvalue weighted by Gasteiger charge is -2.19. The van der Waals surface area contributed by atoms with Crippen LogP contribution in [-0.4, -0.2) is 33.7 Å². The average molecular weight is 384 g/mol. The zero-order chi connectivity index (χ0) is 19.4. The molecule has 0 aliphatic heterocycles. The van der Waals surface area contributed by atoms with Gasteiger partial charge in [0.2, 0.25) is 5.91 Å². The first-order valence-electron chi connectivity index (χ1n) is 9.05. The molecule has 0 aliphatic rings. The summed E-state index contributed by atoms with van der Waals surface area (Å²) in [4.78, 5) is 27.3. The fourth-order valence-electron chi connectivity index (χ4n) is 3.16. The first kappa shape index (κ1) is 19.1. The molecule has 3 aromatic rings. The Morgan fingerprint density at radius 3 is 2.33 bits per heavy atom. The van der Waals surface area contributed by atoms with Crippen molar-refractivity contribution >= 4 is 28.3 Å². The second-order valence-electron chi connectivity index (χ2n) is 6.29. The van der Waals surface area contributed by atoms with Gasteiger partial charge < -0.3 is 4.90 Å². The quantitative estimate of drug-likeness (QED) is 0.654. The third-order valence-electron chi connectivity index (χ3n) is 4.66. The Morgan fingerprint density at radius 1 is 1.04 bits per heavy atom. The van der Waals surface area contributed by atoms with Gasteiger partial charge in [-0.25, -0.2) is 4.68 Å². The molecule has 0 bridgehead atoms. The van der Waals surface area contributed by atoms with Gasteiger partial charge in [-0.1, -0.05) is 48.0 Å². The highest BCUT2D eigenvalue weighted by molar-refractivity contribution is 6.31.